The first-order valence-corrected chi connectivity index (χ1v) is 5.24. The van der Waals surface area contributed by atoms with E-state index >= 15 is 0 Å². The summed E-state index contributed by atoms with van der Waals surface area (Å²) in [6, 6.07) is 6.59. The van der Waals surface area contributed by atoms with Crippen molar-refractivity contribution in [2.24, 2.45) is 0 Å². The van der Waals surface area contributed by atoms with E-state index in [2.05, 4.69) is 0 Å². The average Bonchev–Trinajstić information content (AvgIpc) is 2.30. The summed E-state index contributed by atoms with van der Waals surface area (Å²) < 4.78 is 12.7. The Labute approximate surface area is 88.7 Å². The Kier molecular flexibility index (Phi) is 2.99. The summed E-state index contributed by atoms with van der Waals surface area (Å²) >= 11 is 0. The van der Waals surface area contributed by atoms with Crippen molar-refractivity contribution < 1.29 is 9.18 Å². The minimum Gasteiger partial charge on any atom is -0.345 e. The van der Waals surface area contributed by atoms with E-state index in [1.165, 1.54) is 12.1 Å². The van der Waals surface area contributed by atoms with Crippen LogP contribution in [0.4, 0.5) is 4.39 Å². The number of carbonyl (C=O) groups excluding carboxylic acids is 1. The number of piperidine rings is 1. The Balaban J connectivity index is 2.09. The zero-order chi connectivity index (χ0) is 10.7. The van der Waals surface area contributed by atoms with E-state index in [4.69, 9.17) is 0 Å². The summed E-state index contributed by atoms with van der Waals surface area (Å²) in [6.07, 6.45) is 3.01. The van der Waals surface area contributed by atoms with Gasteiger partial charge < -0.3 is 4.90 Å². The highest BCUT2D eigenvalue weighted by molar-refractivity contribution is 5.47. The Morgan fingerprint density at radius 3 is 2.73 bits per heavy atom. The van der Waals surface area contributed by atoms with E-state index in [1.54, 1.807) is 4.90 Å². The van der Waals surface area contributed by atoms with Crippen LogP contribution >= 0.6 is 0 Å². The molecule has 1 aliphatic rings. The van der Waals surface area contributed by atoms with Crippen molar-refractivity contribution in [2.45, 2.75) is 18.8 Å². The minimum absolute atomic E-state index is 0.207. The number of amides is 1. The van der Waals surface area contributed by atoms with E-state index in [1.807, 2.05) is 12.1 Å². The van der Waals surface area contributed by atoms with Gasteiger partial charge in [0.1, 0.15) is 5.82 Å². The first kappa shape index (κ1) is 10.1. The second-order valence-electron chi connectivity index (χ2n) is 3.99. The highest BCUT2D eigenvalue weighted by atomic mass is 19.1. The molecule has 0 aromatic heterocycles. The van der Waals surface area contributed by atoms with Crippen molar-refractivity contribution in [3.8, 4) is 0 Å². The fourth-order valence-corrected chi connectivity index (χ4v) is 2.11. The van der Waals surface area contributed by atoms with Crippen molar-refractivity contribution in [2.75, 3.05) is 13.1 Å². The molecule has 1 fully saturated rings. The molecule has 1 unspecified atom stereocenters. The molecule has 0 saturated carbocycles. The molecule has 3 heteroatoms. The van der Waals surface area contributed by atoms with Gasteiger partial charge in [-0.15, -0.1) is 0 Å². The van der Waals surface area contributed by atoms with Gasteiger partial charge >= 0.3 is 0 Å². The van der Waals surface area contributed by atoms with Crippen molar-refractivity contribution in [3.63, 3.8) is 0 Å². The molecule has 1 aromatic carbocycles. The molecule has 0 radical (unpaired) electrons. The third-order valence-electron chi connectivity index (χ3n) is 2.94. The van der Waals surface area contributed by atoms with Crippen molar-refractivity contribution >= 4 is 6.41 Å². The number of benzene rings is 1. The van der Waals surface area contributed by atoms with Crippen LogP contribution in [0.15, 0.2) is 24.3 Å². The highest BCUT2D eigenvalue weighted by Crippen LogP contribution is 2.26. The van der Waals surface area contributed by atoms with Gasteiger partial charge in [-0.3, -0.25) is 4.79 Å². The second kappa shape index (κ2) is 4.43. The van der Waals surface area contributed by atoms with E-state index in [9.17, 15) is 9.18 Å². The zero-order valence-electron chi connectivity index (χ0n) is 8.53. The first-order chi connectivity index (χ1) is 7.29. The van der Waals surface area contributed by atoms with Gasteiger partial charge in [0, 0.05) is 19.0 Å². The largest absolute Gasteiger partial charge is 0.345 e. The van der Waals surface area contributed by atoms with E-state index in [0.717, 1.165) is 37.9 Å². The van der Waals surface area contributed by atoms with Gasteiger partial charge in [-0.05, 0) is 30.5 Å². The third-order valence-corrected chi connectivity index (χ3v) is 2.94. The lowest BCUT2D eigenvalue weighted by Gasteiger charge is -2.30. The molecule has 0 spiro atoms. The molecule has 80 valence electrons. The van der Waals surface area contributed by atoms with Gasteiger partial charge in [0.25, 0.3) is 0 Å². The van der Waals surface area contributed by atoms with Gasteiger partial charge in [0.15, 0.2) is 0 Å². The van der Waals surface area contributed by atoms with Gasteiger partial charge in [-0.25, -0.2) is 4.39 Å². The maximum Gasteiger partial charge on any atom is 0.209 e. The monoisotopic (exact) mass is 207 g/mol. The van der Waals surface area contributed by atoms with E-state index in [0.29, 0.717) is 5.92 Å². The lowest BCUT2D eigenvalue weighted by atomic mass is 9.91. The number of nitrogens with zero attached hydrogens (tertiary/aromatic N) is 1. The van der Waals surface area contributed by atoms with Crippen LogP contribution in [0.25, 0.3) is 0 Å². The summed E-state index contributed by atoms with van der Waals surface area (Å²) in [5, 5.41) is 0. The molecule has 1 heterocycles. The number of halogens is 1. The predicted octanol–water partition coefficient (Wildman–Crippen LogP) is 2.16. The molecule has 1 saturated heterocycles. The van der Waals surface area contributed by atoms with Crippen LogP contribution in [-0.4, -0.2) is 24.4 Å². The molecule has 2 rings (SSSR count). The van der Waals surface area contributed by atoms with Crippen molar-refractivity contribution in [1.29, 1.82) is 0 Å². The summed E-state index contributed by atoms with van der Waals surface area (Å²) in [5.41, 5.74) is 1.13. The molecule has 0 N–H and O–H groups in total. The molecular formula is C12H14FNO. The summed E-state index contributed by atoms with van der Waals surface area (Å²) in [4.78, 5) is 12.4. The van der Waals surface area contributed by atoms with Gasteiger partial charge in [0.2, 0.25) is 6.41 Å². The van der Waals surface area contributed by atoms with Crippen LogP contribution in [-0.2, 0) is 4.79 Å². The standard InChI is InChI=1S/C12H14FNO/c13-12-5-3-10(4-6-12)11-2-1-7-14(8-11)9-15/h3-6,9,11H,1-2,7-8H2. The SMILES string of the molecule is O=CN1CCCC(c2ccc(F)cc2)C1. The molecular weight excluding hydrogens is 193 g/mol. The lowest BCUT2D eigenvalue weighted by molar-refractivity contribution is -0.119. The zero-order valence-corrected chi connectivity index (χ0v) is 8.53. The predicted molar refractivity (Wildman–Crippen MR) is 56.0 cm³/mol. The van der Waals surface area contributed by atoms with Crippen LogP contribution in [0.2, 0.25) is 0 Å². The number of carbonyl (C=O) groups is 1. The number of hydrogen-bond donors (Lipinski definition) is 0. The van der Waals surface area contributed by atoms with Crippen LogP contribution in [0.5, 0.6) is 0 Å². The summed E-state index contributed by atoms with van der Waals surface area (Å²) in [7, 11) is 0. The quantitative estimate of drug-likeness (QED) is 0.680. The minimum atomic E-state index is -0.207. The Morgan fingerprint density at radius 2 is 2.07 bits per heavy atom. The Hall–Kier alpha value is -1.38. The highest BCUT2D eigenvalue weighted by Gasteiger charge is 2.19. The Bertz CT molecular complexity index is 336. The summed E-state index contributed by atoms with van der Waals surface area (Å²) in [6.45, 7) is 1.61. The lowest BCUT2D eigenvalue weighted by Crippen LogP contribution is -2.33. The topological polar surface area (TPSA) is 20.3 Å². The van der Waals surface area contributed by atoms with Crippen LogP contribution in [0.3, 0.4) is 0 Å². The molecule has 1 amide bonds. The van der Waals surface area contributed by atoms with E-state index < -0.39 is 0 Å². The number of hydrogen-bond acceptors (Lipinski definition) is 1. The van der Waals surface area contributed by atoms with Crippen LogP contribution in [0.1, 0.15) is 24.3 Å². The number of likely N-dealkylation sites (tertiary alicyclic amines) is 1. The Morgan fingerprint density at radius 1 is 1.33 bits per heavy atom. The molecule has 0 aliphatic carbocycles. The fourth-order valence-electron chi connectivity index (χ4n) is 2.11. The molecule has 2 nitrogen and oxygen atoms in total. The maximum atomic E-state index is 12.7. The third kappa shape index (κ3) is 2.35. The van der Waals surface area contributed by atoms with Gasteiger partial charge in [-0.1, -0.05) is 12.1 Å². The first-order valence-electron chi connectivity index (χ1n) is 5.24. The maximum absolute atomic E-state index is 12.7. The second-order valence-corrected chi connectivity index (χ2v) is 3.99. The van der Waals surface area contributed by atoms with Crippen molar-refractivity contribution in [3.05, 3.63) is 35.6 Å². The molecule has 0 bridgehead atoms. The van der Waals surface area contributed by atoms with E-state index in [-0.39, 0.29) is 5.82 Å². The molecule has 1 atom stereocenters. The van der Waals surface area contributed by atoms with Crippen LogP contribution in [0, 0.1) is 5.82 Å². The smallest absolute Gasteiger partial charge is 0.209 e. The number of rotatable bonds is 2. The van der Waals surface area contributed by atoms with Crippen LogP contribution < -0.4 is 0 Å². The average molecular weight is 207 g/mol. The normalized spacial score (nSPS) is 21.4. The van der Waals surface area contributed by atoms with Crippen molar-refractivity contribution in [1.82, 2.24) is 4.90 Å². The molecule has 15 heavy (non-hydrogen) atoms. The summed E-state index contributed by atoms with van der Waals surface area (Å²) in [5.74, 6) is 0.159. The van der Waals surface area contributed by atoms with Gasteiger partial charge in [0.05, 0.1) is 0 Å². The fraction of sp³-hybridized carbons (Fsp3) is 0.417. The molecule has 1 aromatic rings. The molecule has 1 aliphatic heterocycles. The van der Waals surface area contributed by atoms with Gasteiger partial charge in [-0.2, -0.15) is 0 Å².